The quantitative estimate of drug-likeness (QED) is 0.481. The van der Waals surface area contributed by atoms with Gasteiger partial charge in [-0.2, -0.15) is 0 Å². The number of hydrogen-bond acceptors (Lipinski definition) is 4. The molecule has 0 aliphatic rings. The van der Waals surface area contributed by atoms with Gasteiger partial charge >= 0.3 is 5.97 Å². The Balaban J connectivity index is 1.43. The van der Waals surface area contributed by atoms with Crippen molar-refractivity contribution in [2.45, 2.75) is 12.8 Å². The number of esters is 1. The predicted molar refractivity (Wildman–Crippen MR) is 105 cm³/mol. The molecule has 1 N–H and O–H groups in total. The summed E-state index contributed by atoms with van der Waals surface area (Å²) in [6.45, 7) is 0.155. The first-order valence-electron chi connectivity index (χ1n) is 8.30. The van der Waals surface area contributed by atoms with Gasteiger partial charge in [0.15, 0.2) is 0 Å². The van der Waals surface area contributed by atoms with Crippen molar-refractivity contribution in [1.82, 2.24) is 5.32 Å². The Morgan fingerprint density at radius 1 is 1.04 bits per heavy atom. The molecule has 0 saturated heterocycles. The lowest BCUT2D eigenvalue weighted by Gasteiger charge is -2.06. The number of hydrogen-bond donors (Lipinski definition) is 1. The van der Waals surface area contributed by atoms with Gasteiger partial charge in [-0.05, 0) is 24.5 Å². The summed E-state index contributed by atoms with van der Waals surface area (Å²) in [6, 6.07) is 17.5. The monoisotopic (exact) mass is 387 g/mol. The van der Waals surface area contributed by atoms with Gasteiger partial charge in [-0.1, -0.05) is 60.1 Å². The third kappa shape index (κ3) is 4.62. The van der Waals surface area contributed by atoms with E-state index in [9.17, 15) is 9.59 Å². The molecule has 134 valence electrons. The average molecular weight is 388 g/mol. The molecule has 1 aromatic heterocycles. The summed E-state index contributed by atoms with van der Waals surface area (Å²) < 4.78 is 6.09. The number of halogens is 1. The van der Waals surface area contributed by atoms with E-state index in [1.54, 1.807) is 0 Å². The molecule has 0 bridgehead atoms. The molecule has 3 aromatic rings. The summed E-state index contributed by atoms with van der Waals surface area (Å²) in [5.41, 5.74) is 1.20. The molecule has 0 saturated carbocycles. The molecule has 0 atom stereocenters. The highest BCUT2D eigenvalue weighted by atomic mass is 35.5. The number of amides is 1. The molecule has 0 spiro atoms. The molecule has 0 aliphatic carbocycles. The standard InChI is InChI=1S/C20H18ClNO3S/c21-18-15-10-4-5-11-16(15)26-19(18)20(24)22-13-17(23)25-12-6-9-14-7-2-1-3-8-14/h1-5,7-8,10-11H,6,9,12-13H2,(H,22,24). The zero-order valence-electron chi connectivity index (χ0n) is 14.0. The van der Waals surface area contributed by atoms with Crippen LogP contribution in [0.25, 0.3) is 10.1 Å². The lowest BCUT2D eigenvalue weighted by Crippen LogP contribution is -2.30. The van der Waals surface area contributed by atoms with Gasteiger partial charge in [0.1, 0.15) is 11.4 Å². The first kappa shape index (κ1) is 18.4. The Morgan fingerprint density at radius 3 is 2.54 bits per heavy atom. The van der Waals surface area contributed by atoms with E-state index in [4.69, 9.17) is 16.3 Å². The number of benzene rings is 2. The van der Waals surface area contributed by atoms with E-state index in [1.807, 2.05) is 54.6 Å². The fourth-order valence-electron chi connectivity index (χ4n) is 2.55. The number of thiophene rings is 1. The van der Waals surface area contributed by atoms with Gasteiger partial charge in [-0.25, -0.2) is 0 Å². The zero-order chi connectivity index (χ0) is 18.4. The molecule has 2 aromatic carbocycles. The van der Waals surface area contributed by atoms with Crippen molar-refractivity contribution in [3.63, 3.8) is 0 Å². The van der Waals surface area contributed by atoms with E-state index in [-0.39, 0.29) is 12.5 Å². The molecule has 0 unspecified atom stereocenters. The van der Waals surface area contributed by atoms with Gasteiger partial charge in [0.05, 0.1) is 11.6 Å². The Hall–Kier alpha value is -2.37. The molecular weight excluding hydrogens is 370 g/mol. The normalized spacial score (nSPS) is 10.7. The highest BCUT2D eigenvalue weighted by Gasteiger charge is 2.17. The molecule has 0 aliphatic heterocycles. The molecule has 3 rings (SSSR count). The topological polar surface area (TPSA) is 55.4 Å². The van der Waals surface area contributed by atoms with Crippen LogP contribution in [0.1, 0.15) is 21.7 Å². The fourth-order valence-corrected chi connectivity index (χ4v) is 3.98. The van der Waals surface area contributed by atoms with Crippen LogP contribution in [-0.4, -0.2) is 25.0 Å². The number of aryl methyl sites for hydroxylation is 1. The van der Waals surface area contributed by atoms with Crippen LogP contribution >= 0.6 is 22.9 Å². The van der Waals surface area contributed by atoms with E-state index in [2.05, 4.69) is 5.32 Å². The maximum absolute atomic E-state index is 12.3. The number of nitrogens with one attached hydrogen (secondary N) is 1. The second-order valence-corrected chi connectivity index (χ2v) is 7.16. The van der Waals surface area contributed by atoms with Crippen molar-refractivity contribution < 1.29 is 14.3 Å². The van der Waals surface area contributed by atoms with Gasteiger partial charge in [0, 0.05) is 10.1 Å². The highest BCUT2D eigenvalue weighted by Crippen LogP contribution is 2.34. The number of rotatable bonds is 7. The number of carbonyl (C=O) groups excluding carboxylic acids is 2. The molecule has 6 heteroatoms. The summed E-state index contributed by atoms with van der Waals surface area (Å²) in [4.78, 5) is 24.4. The minimum absolute atomic E-state index is 0.172. The van der Waals surface area contributed by atoms with Crippen molar-refractivity contribution in [2.75, 3.05) is 13.2 Å². The van der Waals surface area contributed by atoms with Crippen LogP contribution in [-0.2, 0) is 16.0 Å². The van der Waals surface area contributed by atoms with Crippen molar-refractivity contribution in [3.05, 3.63) is 70.1 Å². The third-order valence-electron chi connectivity index (χ3n) is 3.85. The summed E-state index contributed by atoms with van der Waals surface area (Å²) in [5.74, 6) is -0.818. The summed E-state index contributed by atoms with van der Waals surface area (Å²) in [7, 11) is 0. The molecular formula is C20H18ClNO3S. The molecule has 0 fully saturated rings. The van der Waals surface area contributed by atoms with Crippen LogP contribution in [0.3, 0.4) is 0 Å². The van der Waals surface area contributed by atoms with Gasteiger partial charge < -0.3 is 10.1 Å². The van der Waals surface area contributed by atoms with Crippen molar-refractivity contribution in [2.24, 2.45) is 0 Å². The van der Waals surface area contributed by atoms with Gasteiger partial charge in [0.2, 0.25) is 0 Å². The van der Waals surface area contributed by atoms with Crippen LogP contribution in [0.2, 0.25) is 5.02 Å². The van der Waals surface area contributed by atoms with Gasteiger partial charge in [-0.3, -0.25) is 9.59 Å². The van der Waals surface area contributed by atoms with E-state index < -0.39 is 5.97 Å². The Bertz CT molecular complexity index is 908. The number of carbonyl (C=O) groups is 2. The molecule has 0 radical (unpaired) electrons. The maximum atomic E-state index is 12.3. The predicted octanol–water partition coefficient (Wildman–Crippen LogP) is 4.46. The van der Waals surface area contributed by atoms with Crippen LogP contribution < -0.4 is 5.32 Å². The van der Waals surface area contributed by atoms with Crippen LogP contribution in [0.5, 0.6) is 0 Å². The molecule has 1 heterocycles. The molecule has 26 heavy (non-hydrogen) atoms. The van der Waals surface area contributed by atoms with Gasteiger partial charge in [0.25, 0.3) is 5.91 Å². The third-order valence-corrected chi connectivity index (χ3v) is 5.52. The Labute approximate surface area is 160 Å². The zero-order valence-corrected chi connectivity index (χ0v) is 15.6. The first-order chi connectivity index (χ1) is 12.6. The summed E-state index contributed by atoms with van der Waals surface area (Å²) >= 11 is 7.57. The van der Waals surface area contributed by atoms with Crippen molar-refractivity contribution >= 4 is 44.9 Å². The highest BCUT2D eigenvalue weighted by molar-refractivity contribution is 7.21. The number of fused-ring (bicyclic) bond motifs is 1. The minimum atomic E-state index is -0.455. The van der Waals surface area contributed by atoms with Crippen molar-refractivity contribution in [1.29, 1.82) is 0 Å². The summed E-state index contributed by atoms with van der Waals surface area (Å²) in [6.07, 6.45) is 1.59. The average Bonchev–Trinajstić information content (AvgIpc) is 3.01. The van der Waals surface area contributed by atoms with E-state index in [1.165, 1.54) is 16.9 Å². The Morgan fingerprint density at radius 2 is 1.77 bits per heavy atom. The van der Waals surface area contributed by atoms with Crippen LogP contribution in [0.15, 0.2) is 54.6 Å². The van der Waals surface area contributed by atoms with Crippen LogP contribution in [0, 0.1) is 0 Å². The van der Waals surface area contributed by atoms with E-state index >= 15 is 0 Å². The first-order valence-corrected chi connectivity index (χ1v) is 9.49. The lowest BCUT2D eigenvalue weighted by molar-refractivity contribution is -0.142. The number of ether oxygens (including phenoxy) is 1. The lowest BCUT2D eigenvalue weighted by atomic mass is 10.1. The summed E-state index contributed by atoms with van der Waals surface area (Å²) in [5, 5.41) is 3.83. The Kier molecular flexibility index (Phi) is 6.26. The minimum Gasteiger partial charge on any atom is -0.464 e. The smallest absolute Gasteiger partial charge is 0.325 e. The second kappa shape index (κ2) is 8.83. The van der Waals surface area contributed by atoms with Crippen molar-refractivity contribution in [3.8, 4) is 0 Å². The molecule has 4 nitrogen and oxygen atoms in total. The fraction of sp³-hybridized carbons (Fsp3) is 0.200. The SMILES string of the molecule is O=C(CNC(=O)c1sc2ccccc2c1Cl)OCCCc1ccccc1. The second-order valence-electron chi connectivity index (χ2n) is 5.73. The van der Waals surface area contributed by atoms with Crippen LogP contribution in [0.4, 0.5) is 0 Å². The van der Waals surface area contributed by atoms with E-state index in [0.29, 0.717) is 16.5 Å². The van der Waals surface area contributed by atoms with E-state index in [0.717, 1.165) is 22.9 Å². The maximum Gasteiger partial charge on any atom is 0.325 e. The van der Waals surface area contributed by atoms with Gasteiger partial charge in [-0.15, -0.1) is 11.3 Å². The largest absolute Gasteiger partial charge is 0.464 e. The molecule has 1 amide bonds.